The van der Waals surface area contributed by atoms with Crippen LogP contribution < -0.4 is 5.32 Å². The molecule has 1 atom stereocenters. The van der Waals surface area contributed by atoms with Crippen LogP contribution in [0.15, 0.2) is 30.3 Å². The van der Waals surface area contributed by atoms with Crippen molar-refractivity contribution in [3.8, 4) is 0 Å². The van der Waals surface area contributed by atoms with E-state index in [1.807, 2.05) is 0 Å². The summed E-state index contributed by atoms with van der Waals surface area (Å²) in [6.07, 6.45) is 5.56. The molecule has 2 rings (SSSR count). The van der Waals surface area contributed by atoms with E-state index in [0.717, 1.165) is 0 Å². The van der Waals surface area contributed by atoms with E-state index in [-0.39, 0.29) is 0 Å². The van der Waals surface area contributed by atoms with E-state index in [4.69, 9.17) is 0 Å². The Morgan fingerprint density at radius 2 is 1.83 bits per heavy atom. The molecule has 0 heterocycles. The Morgan fingerprint density at radius 3 is 2.33 bits per heavy atom. The minimum absolute atomic E-state index is 0.500. The summed E-state index contributed by atoms with van der Waals surface area (Å²) >= 11 is 0. The van der Waals surface area contributed by atoms with Crippen LogP contribution in [-0.2, 0) is 0 Å². The fourth-order valence-electron chi connectivity index (χ4n) is 2.95. The van der Waals surface area contributed by atoms with Gasteiger partial charge in [0, 0.05) is 12.6 Å². The van der Waals surface area contributed by atoms with Gasteiger partial charge in [-0.1, -0.05) is 57.5 Å². The molecule has 18 heavy (non-hydrogen) atoms. The molecule has 0 saturated heterocycles. The Bertz CT molecular complexity index is 351. The Morgan fingerprint density at radius 1 is 1.17 bits per heavy atom. The van der Waals surface area contributed by atoms with Crippen molar-refractivity contribution in [2.24, 2.45) is 11.3 Å². The molecule has 0 aromatic heterocycles. The monoisotopic (exact) mass is 245 g/mol. The van der Waals surface area contributed by atoms with Crippen LogP contribution in [0.1, 0.15) is 58.1 Å². The van der Waals surface area contributed by atoms with Crippen LogP contribution >= 0.6 is 0 Å². The summed E-state index contributed by atoms with van der Waals surface area (Å²) in [7, 11) is 0. The lowest BCUT2D eigenvalue weighted by Crippen LogP contribution is -2.31. The molecule has 1 N–H and O–H groups in total. The lowest BCUT2D eigenvalue weighted by atomic mass is 9.94. The summed E-state index contributed by atoms with van der Waals surface area (Å²) < 4.78 is 0. The van der Waals surface area contributed by atoms with E-state index < -0.39 is 0 Å². The third-order valence-electron chi connectivity index (χ3n) is 4.26. The normalized spacial score (nSPS) is 18.9. The van der Waals surface area contributed by atoms with Crippen LogP contribution in [0.5, 0.6) is 0 Å². The molecule has 1 fully saturated rings. The predicted molar refractivity (Wildman–Crippen MR) is 78.6 cm³/mol. The van der Waals surface area contributed by atoms with Gasteiger partial charge in [0.2, 0.25) is 0 Å². The summed E-state index contributed by atoms with van der Waals surface area (Å²) in [5.41, 5.74) is 2.07. The Hall–Kier alpha value is -0.820. The van der Waals surface area contributed by atoms with Crippen LogP contribution in [-0.4, -0.2) is 6.54 Å². The molecule has 1 nitrogen and oxygen atoms in total. The van der Waals surface area contributed by atoms with Crippen LogP contribution in [0.3, 0.4) is 0 Å². The summed E-state index contributed by atoms with van der Waals surface area (Å²) in [6.45, 7) is 8.11. The minimum atomic E-state index is 0.500. The number of hydrogen-bond acceptors (Lipinski definition) is 1. The number of rotatable bonds is 7. The van der Waals surface area contributed by atoms with Crippen molar-refractivity contribution in [2.75, 3.05) is 6.54 Å². The lowest BCUT2D eigenvalue weighted by molar-refractivity contribution is 0.344. The highest BCUT2D eigenvalue weighted by Gasteiger charge is 2.41. The third-order valence-corrected chi connectivity index (χ3v) is 4.26. The molecule has 1 aromatic carbocycles. The molecule has 100 valence electrons. The van der Waals surface area contributed by atoms with Crippen molar-refractivity contribution in [1.29, 1.82) is 0 Å². The standard InChI is InChI=1S/C17H27N/c1-4-10-17(11-12-17)13-18-16(14(2)3)15-8-6-5-7-9-15/h5-9,14,16,18H,4,10-13H2,1-3H3. The smallest absolute Gasteiger partial charge is 0.0343 e. The fourth-order valence-corrected chi connectivity index (χ4v) is 2.95. The Balaban J connectivity index is 1.96. The van der Waals surface area contributed by atoms with Gasteiger partial charge in [0.1, 0.15) is 0 Å². The van der Waals surface area contributed by atoms with E-state index in [0.29, 0.717) is 17.4 Å². The Kier molecular flexibility index (Phi) is 4.45. The van der Waals surface area contributed by atoms with Crippen molar-refractivity contribution in [2.45, 2.75) is 52.5 Å². The maximum Gasteiger partial charge on any atom is 0.0343 e. The van der Waals surface area contributed by atoms with E-state index in [1.54, 1.807) is 0 Å². The van der Waals surface area contributed by atoms with Crippen molar-refractivity contribution in [3.63, 3.8) is 0 Å². The zero-order chi connectivity index (χ0) is 13.0. The second kappa shape index (κ2) is 5.88. The molecule has 0 bridgehead atoms. The molecule has 0 aliphatic heterocycles. The highest BCUT2D eigenvalue weighted by atomic mass is 14.9. The molecule has 0 amide bonds. The van der Waals surface area contributed by atoms with Gasteiger partial charge in [0.15, 0.2) is 0 Å². The number of benzene rings is 1. The van der Waals surface area contributed by atoms with Gasteiger partial charge >= 0.3 is 0 Å². The minimum Gasteiger partial charge on any atom is -0.309 e. The molecular weight excluding hydrogens is 218 g/mol. The van der Waals surface area contributed by atoms with Gasteiger partial charge in [-0.05, 0) is 36.2 Å². The molecule has 1 aliphatic carbocycles. The first kappa shape index (κ1) is 13.6. The van der Waals surface area contributed by atoms with E-state index in [1.165, 1.54) is 37.8 Å². The fraction of sp³-hybridized carbons (Fsp3) is 0.647. The average Bonchev–Trinajstić information content (AvgIpc) is 3.11. The van der Waals surface area contributed by atoms with Crippen molar-refractivity contribution >= 4 is 0 Å². The molecular formula is C17H27N. The van der Waals surface area contributed by atoms with E-state index in [2.05, 4.69) is 56.4 Å². The quantitative estimate of drug-likeness (QED) is 0.743. The van der Waals surface area contributed by atoms with Gasteiger partial charge in [-0.2, -0.15) is 0 Å². The van der Waals surface area contributed by atoms with Crippen LogP contribution in [0.25, 0.3) is 0 Å². The summed E-state index contributed by atoms with van der Waals surface area (Å²) in [5, 5.41) is 3.82. The highest BCUT2D eigenvalue weighted by Crippen LogP contribution is 2.49. The van der Waals surface area contributed by atoms with Crippen molar-refractivity contribution < 1.29 is 0 Å². The van der Waals surface area contributed by atoms with Gasteiger partial charge in [0.25, 0.3) is 0 Å². The maximum atomic E-state index is 3.82. The molecule has 1 heteroatoms. The van der Waals surface area contributed by atoms with Crippen molar-refractivity contribution in [1.82, 2.24) is 5.32 Å². The zero-order valence-electron chi connectivity index (χ0n) is 12.1. The first-order chi connectivity index (χ1) is 8.67. The molecule has 1 unspecified atom stereocenters. The topological polar surface area (TPSA) is 12.0 Å². The largest absolute Gasteiger partial charge is 0.309 e. The van der Waals surface area contributed by atoms with Crippen LogP contribution in [0.4, 0.5) is 0 Å². The van der Waals surface area contributed by atoms with Gasteiger partial charge < -0.3 is 5.32 Å². The van der Waals surface area contributed by atoms with Gasteiger partial charge in [-0.3, -0.25) is 0 Å². The third kappa shape index (κ3) is 3.35. The molecule has 1 aliphatic rings. The zero-order valence-corrected chi connectivity index (χ0v) is 12.1. The summed E-state index contributed by atoms with van der Waals surface area (Å²) in [5.74, 6) is 0.643. The molecule has 0 spiro atoms. The SMILES string of the molecule is CCCC1(CNC(c2ccccc2)C(C)C)CC1. The number of hydrogen-bond donors (Lipinski definition) is 1. The first-order valence-corrected chi connectivity index (χ1v) is 7.45. The lowest BCUT2D eigenvalue weighted by Gasteiger charge is -2.26. The predicted octanol–water partition coefficient (Wildman–Crippen LogP) is 4.55. The van der Waals surface area contributed by atoms with Crippen LogP contribution in [0, 0.1) is 11.3 Å². The van der Waals surface area contributed by atoms with E-state index >= 15 is 0 Å². The number of nitrogens with one attached hydrogen (secondary N) is 1. The second-order valence-electron chi connectivity index (χ2n) is 6.26. The molecule has 0 radical (unpaired) electrons. The second-order valence-corrected chi connectivity index (χ2v) is 6.26. The molecule has 1 aromatic rings. The van der Waals surface area contributed by atoms with E-state index in [9.17, 15) is 0 Å². The Labute approximate surface area is 112 Å². The van der Waals surface area contributed by atoms with Gasteiger partial charge in [0.05, 0.1) is 0 Å². The van der Waals surface area contributed by atoms with Crippen LogP contribution in [0.2, 0.25) is 0 Å². The molecule has 1 saturated carbocycles. The first-order valence-electron chi connectivity index (χ1n) is 7.45. The maximum absolute atomic E-state index is 3.82. The van der Waals surface area contributed by atoms with Gasteiger partial charge in [-0.15, -0.1) is 0 Å². The summed E-state index contributed by atoms with van der Waals surface area (Å²) in [6, 6.07) is 11.4. The average molecular weight is 245 g/mol. The summed E-state index contributed by atoms with van der Waals surface area (Å²) in [4.78, 5) is 0. The van der Waals surface area contributed by atoms with Gasteiger partial charge in [-0.25, -0.2) is 0 Å². The van der Waals surface area contributed by atoms with Crippen molar-refractivity contribution in [3.05, 3.63) is 35.9 Å². The highest BCUT2D eigenvalue weighted by molar-refractivity contribution is 5.19.